The second-order valence-corrected chi connectivity index (χ2v) is 6.07. The van der Waals surface area contributed by atoms with Gasteiger partial charge in [0.15, 0.2) is 0 Å². The molecule has 2 amide bonds. The first-order valence-corrected chi connectivity index (χ1v) is 8.29. The van der Waals surface area contributed by atoms with Crippen molar-refractivity contribution in [3.63, 3.8) is 0 Å². The first kappa shape index (κ1) is 16.4. The minimum atomic E-state index is -0.974. The van der Waals surface area contributed by atoms with E-state index in [1.165, 1.54) is 4.90 Å². The number of rotatable bonds is 5. The average Bonchev–Trinajstić information content (AvgIpc) is 2.92. The van der Waals surface area contributed by atoms with Crippen LogP contribution in [0.25, 0.3) is 5.65 Å². The number of nitrogens with one attached hydrogen (secondary N) is 1. The maximum absolute atomic E-state index is 12.0. The number of fused-ring (bicyclic) bond motifs is 1. The molecule has 1 aliphatic heterocycles. The van der Waals surface area contributed by atoms with Crippen molar-refractivity contribution in [3.8, 4) is 0 Å². The fourth-order valence-electron chi connectivity index (χ4n) is 2.91. The lowest BCUT2D eigenvalue weighted by Gasteiger charge is -2.21. The molecular weight excluding hydrogens is 308 g/mol. The van der Waals surface area contributed by atoms with Gasteiger partial charge in [-0.2, -0.15) is 0 Å². The van der Waals surface area contributed by atoms with Crippen LogP contribution >= 0.6 is 0 Å². The number of likely N-dealkylation sites (tertiary alicyclic amines) is 1. The van der Waals surface area contributed by atoms with Crippen molar-refractivity contribution in [1.82, 2.24) is 19.6 Å². The molecule has 1 unspecified atom stereocenters. The summed E-state index contributed by atoms with van der Waals surface area (Å²) in [5, 5.41) is 12.5. The summed E-state index contributed by atoms with van der Waals surface area (Å²) in [6, 6.07) is 5.80. The van der Waals surface area contributed by atoms with Gasteiger partial charge in [-0.15, -0.1) is 0 Å². The molecule has 2 aromatic rings. The highest BCUT2D eigenvalue weighted by Gasteiger charge is 2.26. The normalized spacial score (nSPS) is 18.6. The number of hydrogen-bond donors (Lipinski definition) is 2. The number of carbonyl (C=O) groups excluding carboxylic acids is 2. The van der Waals surface area contributed by atoms with E-state index in [9.17, 15) is 14.7 Å². The van der Waals surface area contributed by atoms with E-state index in [1.807, 2.05) is 35.0 Å². The SMILES string of the molecule is O=C(CN1CCCCC(O)C1=O)NCCc1cn2ccccc2n1. The quantitative estimate of drug-likeness (QED) is 0.829. The van der Waals surface area contributed by atoms with Gasteiger partial charge in [-0.25, -0.2) is 4.98 Å². The third-order valence-corrected chi connectivity index (χ3v) is 4.20. The Balaban J connectivity index is 1.47. The number of imidazole rings is 1. The van der Waals surface area contributed by atoms with Crippen molar-refractivity contribution >= 4 is 17.5 Å². The van der Waals surface area contributed by atoms with Crippen molar-refractivity contribution in [3.05, 3.63) is 36.3 Å². The molecule has 7 nitrogen and oxygen atoms in total. The lowest BCUT2D eigenvalue weighted by molar-refractivity contribution is -0.142. The molecule has 0 saturated carbocycles. The molecule has 0 radical (unpaired) electrons. The summed E-state index contributed by atoms with van der Waals surface area (Å²) in [6.45, 7) is 0.990. The second kappa shape index (κ2) is 7.44. The van der Waals surface area contributed by atoms with Gasteiger partial charge in [0.1, 0.15) is 11.8 Å². The summed E-state index contributed by atoms with van der Waals surface area (Å²) in [5.74, 6) is -0.552. The van der Waals surface area contributed by atoms with Crippen molar-refractivity contribution in [2.24, 2.45) is 0 Å². The van der Waals surface area contributed by atoms with Crippen LogP contribution in [0.3, 0.4) is 0 Å². The Morgan fingerprint density at radius 3 is 3.08 bits per heavy atom. The zero-order valence-electron chi connectivity index (χ0n) is 13.5. The molecule has 0 aliphatic carbocycles. The Hall–Kier alpha value is -2.41. The van der Waals surface area contributed by atoms with Gasteiger partial charge in [0.2, 0.25) is 5.91 Å². The van der Waals surface area contributed by atoms with E-state index in [0.717, 1.165) is 24.2 Å². The van der Waals surface area contributed by atoms with E-state index in [0.29, 0.717) is 25.9 Å². The van der Waals surface area contributed by atoms with Crippen molar-refractivity contribution in [1.29, 1.82) is 0 Å². The van der Waals surface area contributed by atoms with Gasteiger partial charge in [-0.05, 0) is 31.4 Å². The van der Waals surface area contributed by atoms with Gasteiger partial charge in [-0.3, -0.25) is 9.59 Å². The number of aliphatic hydroxyl groups excluding tert-OH is 1. The second-order valence-electron chi connectivity index (χ2n) is 6.07. The van der Waals surface area contributed by atoms with Gasteiger partial charge >= 0.3 is 0 Å². The Kier molecular flexibility index (Phi) is 5.10. The number of nitrogens with zero attached hydrogens (tertiary/aromatic N) is 3. The molecule has 0 spiro atoms. The molecule has 1 atom stereocenters. The molecular formula is C17H22N4O3. The van der Waals surface area contributed by atoms with Crippen LogP contribution < -0.4 is 5.32 Å². The maximum atomic E-state index is 12.0. The first-order chi connectivity index (χ1) is 11.6. The van der Waals surface area contributed by atoms with Crippen LogP contribution in [0, 0.1) is 0 Å². The summed E-state index contributed by atoms with van der Waals surface area (Å²) < 4.78 is 1.94. The lowest BCUT2D eigenvalue weighted by atomic mass is 10.2. The van der Waals surface area contributed by atoms with E-state index >= 15 is 0 Å². The van der Waals surface area contributed by atoms with Crippen LogP contribution in [-0.4, -0.2) is 56.9 Å². The molecule has 24 heavy (non-hydrogen) atoms. The van der Waals surface area contributed by atoms with Crippen LogP contribution in [0.15, 0.2) is 30.6 Å². The summed E-state index contributed by atoms with van der Waals surface area (Å²) >= 11 is 0. The molecule has 1 fully saturated rings. The van der Waals surface area contributed by atoms with Gasteiger partial charge < -0.3 is 19.7 Å². The number of carbonyl (C=O) groups is 2. The van der Waals surface area contributed by atoms with Crippen LogP contribution in [0.1, 0.15) is 25.0 Å². The Morgan fingerprint density at radius 1 is 1.38 bits per heavy atom. The molecule has 3 heterocycles. The summed E-state index contributed by atoms with van der Waals surface area (Å²) in [6.07, 6.45) is 5.63. The molecule has 1 saturated heterocycles. The monoisotopic (exact) mass is 330 g/mol. The predicted molar refractivity (Wildman–Crippen MR) is 88.3 cm³/mol. The van der Waals surface area contributed by atoms with Gasteiger partial charge in [0.05, 0.1) is 12.2 Å². The molecule has 7 heteroatoms. The Labute approximate surface area is 140 Å². The maximum Gasteiger partial charge on any atom is 0.251 e. The third kappa shape index (κ3) is 3.91. The smallest absolute Gasteiger partial charge is 0.251 e. The largest absolute Gasteiger partial charge is 0.383 e. The predicted octanol–water partition coefficient (Wildman–Crippen LogP) is 0.366. The summed E-state index contributed by atoms with van der Waals surface area (Å²) in [4.78, 5) is 29.9. The molecule has 2 aromatic heterocycles. The molecule has 1 aliphatic rings. The summed E-state index contributed by atoms with van der Waals surface area (Å²) in [7, 11) is 0. The molecule has 0 aromatic carbocycles. The first-order valence-electron chi connectivity index (χ1n) is 8.29. The molecule has 3 rings (SSSR count). The highest BCUT2D eigenvalue weighted by molar-refractivity contribution is 5.87. The van der Waals surface area contributed by atoms with Crippen molar-refractivity contribution in [2.75, 3.05) is 19.6 Å². The van der Waals surface area contributed by atoms with Crippen LogP contribution in [0.5, 0.6) is 0 Å². The lowest BCUT2D eigenvalue weighted by Crippen LogP contribution is -2.44. The molecule has 128 valence electrons. The third-order valence-electron chi connectivity index (χ3n) is 4.20. The van der Waals surface area contributed by atoms with Crippen LogP contribution in [0.2, 0.25) is 0 Å². The number of pyridine rings is 1. The summed E-state index contributed by atoms with van der Waals surface area (Å²) in [5.41, 5.74) is 1.78. The van der Waals surface area contributed by atoms with E-state index in [1.54, 1.807) is 0 Å². The van der Waals surface area contributed by atoms with Crippen molar-refractivity contribution in [2.45, 2.75) is 31.8 Å². The minimum absolute atomic E-state index is 0.00105. The number of amides is 2. The van der Waals surface area contributed by atoms with Gasteiger partial charge in [0, 0.05) is 31.9 Å². The number of hydrogen-bond acceptors (Lipinski definition) is 4. The van der Waals surface area contributed by atoms with Crippen LogP contribution in [-0.2, 0) is 16.0 Å². The Morgan fingerprint density at radius 2 is 2.25 bits per heavy atom. The highest BCUT2D eigenvalue weighted by Crippen LogP contribution is 2.11. The van der Waals surface area contributed by atoms with E-state index in [2.05, 4.69) is 10.3 Å². The van der Waals surface area contributed by atoms with E-state index in [-0.39, 0.29) is 18.4 Å². The van der Waals surface area contributed by atoms with Crippen molar-refractivity contribution < 1.29 is 14.7 Å². The average molecular weight is 330 g/mol. The topological polar surface area (TPSA) is 86.9 Å². The number of aromatic nitrogens is 2. The van der Waals surface area contributed by atoms with E-state index < -0.39 is 6.10 Å². The fraction of sp³-hybridized carbons (Fsp3) is 0.471. The molecule has 0 bridgehead atoms. The zero-order chi connectivity index (χ0) is 16.9. The minimum Gasteiger partial charge on any atom is -0.383 e. The van der Waals surface area contributed by atoms with Gasteiger partial charge in [-0.1, -0.05) is 6.07 Å². The highest BCUT2D eigenvalue weighted by atomic mass is 16.3. The van der Waals surface area contributed by atoms with Crippen LogP contribution in [0.4, 0.5) is 0 Å². The van der Waals surface area contributed by atoms with Gasteiger partial charge in [0.25, 0.3) is 5.91 Å². The van der Waals surface area contributed by atoms with E-state index in [4.69, 9.17) is 0 Å². The standard InChI is InChI=1S/C17H22N4O3/c22-14-5-1-3-10-21(17(14)24)12-16(23)18-8-7-13-11-20-9-4-2-6-15(20)19-13/h2,4,6,9,11,14,22H,1,3,5,7-8,10,12H2,(H,18,23). The molecule has 2 N–H and O–H groups in total. The zero-order valence-corrected chi connectivity index (χ0v) is 13.5. The fourth-order valence-corrected chi connectivity index (χ4v) is 2.91. The Bertz CT molecular complexity index is 694. The number of aliphatic hydroxyl groups is 1.